The molecule has 1 saturated heterocycles. The molecule has 3 rings (SSSR count). The van der Waals surface area contributed by atoms with Gasteiger partial charge in [-0.2, -0.15) is 0 Å². The van der Waals surface area contributed by atoms with Crippen molar-refractivity contribution in [1.29, 1.82) is 0 Å². The zero-order valence-electron chi connectivity index (χ0n) is 9.26. The molecule has 2 aliphatic rings. The Labute approximate surface area is 91.9 Å². The standard InChI is InChI=1S/C14H19N/c1-2-5-12-10-13(8-7-11(12)4-1)14-6-3-9-15-14/h7-8,10,14-15H,1-6,9H2/t14-/m1/s1. The lowest BCUT2D eigenvalue weighted by atomic mass is 9.89. The summed E-state index contributed by atoms with van der Waals surface area (Å²) in [6.07, 6.45) is 8.02. The maximum absolute atomic E-state index is 3.58. The molecule has 1 aliphatic heterocycles. The molecule has 1 heteroatoms. The second-order valence-corrected chi connectivity index (χ2v) is 4.88. The minimum Gasteiger partial charge on any atom is -0.310 e. The Hall–Kier alpha value is -0.820. The maximum Gasteiger partial charge on any atom is 0.0320 e. The molecule has 1 aliphatic carbocycles. The van der Waals surface area contributed by atoms with E-state index in [9.17, 15) is 0 Å². The average molecular weight is 201 g/mol. The highest BCUT2D eigenvalue weighted by Crippen LogP contribution is 2.28. The smallest absolute Gasteiger partial charge is 0.0320 e. The number of aryl methyl sites for hydroxylation is 2. The van der Waals surface area contributed by atoms with Crippen molar-refractivity contribution in [2.45, 2.75) is 44.6 Å². The van der Waals surface area contributed by atoms with Crippen molar-refractivity contribution in [3.63, 3.8) is 0 Å². The van der Waals surface area contributed by atoms with Gasteiger partial charge in [-0.25, -0.2) is 0 Å². The van der Waals surface area contributed by atoms with Crippen molar-refractivity contribution in [3.8, 4) is 0 Å². The highest BCUT2D eigenvalue weighted by Gasteiger charge is 2.17. The van der Waals surface area contributed by atoms with Gasteiger partial charge in [-0.15, -0.1) is 0 Å². The van der Waals surface area contributed by atoms with E-state index < -0.39 is 0 Å². The molecule has 80 valence electrons. The molecule has 0 unspecified atom stereocenters. The lowest BCUT2D eigenvalue weighted by Crippen LogP contribution is -2.14. The van der Waals surface area contributed by atoms with Gasteiger partial charge in [-0.1, -0.05) is 18.2 Å². The molecule has 1 nitrogen and oxygen atoms in total. The predicted molar refractivity (Wildman–Crippen MR) is 63.1 cm³/mol. The molecule has 0 bridgehead atoms. The first-order valence-corrected chi connectivity index (χ1v) is 6.28. The fourth-order valence-electron chi connectivity index (χ4n) is 2.94. The van der Waals surface area contributed by atoms with Crippen LogP contribution in [-0.2, 0) is 12.8 Å². The third kappa shape index (κ3) is 1.81. The Morgan fingerprint density at radius 3 is 2.67 bits per heavy atom. The maximum atomic E-state index is 3.58. The fourth-order valence-corrected chi connectivity index (χ4v) is 2.94. The molecule has 1 aromatic carbocycles. The predicted octanol–water partition coefficient (Wildman–Crippen LogP) is 2.99. The normalized spacial score (nSPS) is 25.2. The summed E-state index contributed by atoms with van der Waals surface area (Å²) >= 11 is 0. The van der Waals surface area contributed by atoms with Crippen molar-refractivity contribution in [2.75, 3.05) is 6.54 Å². The Morgan fingerprint density at radius 2 is 1.87 bits per heavy atom. The third-order valence-electron chi connectivity index (χ3n) is 3.84. The SMILES string of the molecule is c1cc2c(cc1[C@H]1CCCN1)CCCC2. The van der Waals surface area contributed by atoms with Crippen LogP contribution >= 0.6 is 0 Å². The van der Waals surface area contributed by atoms with E-state index in [0.717, 1.165) is 0 Å². The number of hydrogen-bond acceptors (Lipinski definition) is 1. The summed E-state index contributed by atoms with van der Waals surface area (Å²) in [6, 6.07) is 7.80. The Balaban J connectivity index is 1.89. The van der Waals surface area contributed by atoms with Crippen LogP contribution in [0.5, 0.6) is 0 Å². The highest BCUT2D eigenvalue weighted by atomic mass is 14.9. The molecule has 1 N–H and O–H groups in total. The van der Waals surface area contributed by atoms with Crippen molar-refractivity contribution in [2.24, 2.45) is 0 Å². The zero-order chi connectivity index (χ0) is 10.1. The van der Waals surface area contributed by atoms with Crippen LogP contribution in [0.25, 0.3) is 0 Å². The van der Waals surface area contributed by atoms with E-state index in [0.29, 0.717) is 6.04 Å². The van der Waals surface area contributed by atoms with Gasteiger partial charge in [0.25, 0.3) is 0 Å². The van der Waals surface area contributed by atoms with E-state index in [1.807, 2.05) is 0 Å². The first kappa shape index (κ1) is 9.41. The fraction of sp³-hybridized carbons (Fsp3) is 0.571. The van der Waals surface area contributed by atoms with E-state index in [1.165, 1.54) is 50.6 Å². The van der Waals surface area contributed by atoms with E-state index >= 15 is 0 Å². The molecule has 1 heterocycles. The number of benzene rings is 1. The summed E-state index contributed by atoms with van der Waals surface area (Å²) < 4.78 is 0. The van der Waals surface area contributed by atoms with Crippen LogP contribution in [0.1, 0.15) is 48.4 Å². The van der Waals surface area contributed by atoms with Gasteiger partial charge < -0.3 is 5.32 Å². The Bertz CT molecular complexity index is 350. The van der Waals surface area contributed by atoms with Crippen molar-refractivity contribution in [1.82, 2.24) is 5.32 Å². The highest BCUT2D eigenvalue weighted by molar-refractivity contribution is 5.35. The average Bonchev–Trinajstić information content (AvgIpc) is 2.82. The van der Waals surface area contributed by atoms with Gasteiger partial charge >= 0.3 is 0 Å². The van der Waals surface area contributed by atoms with E-state index in [2.05, 4.69) is 23.5 Å². The topological polar surface area (TPSA) is 12.0 Å². The van der Waals surface area contributed by atoms with Crippen LogP contribution < -0.4 is 5.32 Å². The van der Waals surface area contributed by atoms with Crippen molar-refractivity contribution < 1.29 is 0 Å². The van der Waals surface area contributed by atoms with Crippen LogP contribution in [0.4, 0.5) is 0 Å². The summed E-state index contributed by atoms with van der Waals surface area (Å²) in [6.45, 7) is 1.20. The van der Waals surface area contributed by atoms with Crippen LogP contribution in [0, 0.1) is 0 Å². The first-order chi connectivity index (χ1) is 7.43. The van der Waals surface area contributed by atoms with Crippen LogP contribution in [0.15, 0.2) is 18.2 Å². The summed E-state index contributed by atoms with van der Waals surface area (Å²) in [5.74, 6) is 0. The molecule has 15 heavy (non-hydrogen) atoms. The van der Waals surface area contributed by atoms with Crippen LogP contribution in [0.2, 0.25) is 0 Å². The monoisotopic (exact) mass is 201 g/mol. The summed E-state index contributed by atoms with van der Waals surface area (Å²) in [5, 5.41) is 3.58. The minimum absolute atomic E-state index is 0.636. The zero-order valence-corrected chi connectivity index (χ0v) is 9.26. The van der Waals surface area contributed by atoms with Gasteiger partial charge in [0, 0.05) is 6.04 Å². The lowest BCUT2D eigenvalue weighted by molar-refractivity contribution is 0.639. The van der Waals surface area contributed by atoms with Gasteiger partial charge in [0.2, 0.25) is 0 Å². The van der Waals surface area contributed by atoms with Gasteiger partial charge in [-0.3, -0.25) is 0 Å². The molecule has 0 amide bonds. The third-order valence-corrected chi connectivity index (χ3v) is 3.84. The quantitative estimate of drug-likeness (QED) is 0.736. The largest absolute Gasteiger partial charge is 0.310 e. The van der Waals surface area contributed by atoms with Gasteiger partial charge in [0.05, 0.1) is 0 Å². The van der Waals surface area contributed by atoms with Crippen LogP contribution in [-0.4, -0.2) is 6.54 Å². The molecule has 0 spiro atoms. The van der Waals surface area contributed by atoms with Crippen LogP contribution in [0.3, 0.4) is 0 Å². The van der Waals surface area contributed by atoms with Crippen molar-refractivity contribution >= 4 is 0 Å². The molecule has 1 aromatic rings. The van der Waals surface area contributed by atoms with E-state index in [-0.39, 0.29) is 0 Å². The molecule has 0 radical (unpaired) electrons. The second kappa shape index (κ2) is 3.97. The lowest BCUT2D eigenvalue weighted by Gasteiger charge is -2.19. The number of fused-ring (bicyclic) bond motifs is 1. The van der Waals surface area contributed by atoms with Gasteiger partial charge in [0.15, 0.2) is 0 Å². The Morgan fingerprint density at radius 1 is 1.00 bits per heavy atom. The number of nitrogens with one attached hydrogen (secondary N) is 1. The summed E-state index contributed by atoms with van der Waals surface area (Å²) in [7, 11) is 0. The van der Waals surface area contributed by atoms with Crippen molar-refractivity contribution in [3.05, 3.63) is 34.9 Å². The molecule has 0 saturated carbocycles. The van der Waals surface area contributed by atoms with E-state index in [1.54, 1.807) is 11.1 Å². The molecule has 1 fully saturated rings. The number of rotatable bonds is 1. The second-order valence-electron chi connectivity index (χ2n) is 4.88. The Kier molecular flexibility index (Phi) is 2.49. The number of hydrogen-bond donors (Lipinski definition) is 1. The van der Waals surface area contributed by atoms with Gasteiger partial charge in [-0.05, 0) is 61.8 Å². The molecule has 0 aromatic heterocycles. The first-order valence-electron chi connectivity index (χ1n) is 6.28. The minimum atomic E-state index is 0.636. The molecule has 1 atom stereocenters. The van der Waals surface area contributed by atoms with Gasteiger partial charge in [0.1, 0.15) is 0 Å². The summed E-state index contributed by atoms with van der Waals surface area (Å²) in [5.41, 5.74) is 4.74. The van der Waals surface area contributed by atoms with E-state index in [4.69, 9.17) is 0 Å². The molecular formula is C14H19N. The molecular weight excluding hydrogens is 182 g/mol. The summed E-state index contributed by atoms with van der Waals surface area (Å²) in [4.78, 5) is 0.